The number of thiazole rings is 1. The SMILES string of the molecule is C=CC(=O)OCC(COc1ccc(C(Oc2ccc(OC(=O)c3ccc(OC(C)(C)C)cc3)cc2C=N)=C2CCC2)cc1)C(C)CC.C=CC(C)=O.Nc1nc2ccccc2s1. The molecule has 1 fully saturated rings. The van der Waals surface area contributed by atoms with Crippen LogP contribution in [0.15, 0.2) is 122 Å². The van der Waals surface area contributed by atoms with Gasteiger partial charge in [-0.25, -0.2) is 14.6 Å². The van der Waals surface area contributed by atoms with E-state index in [1.54, 1.807) is 42.5 Å². The number of ether oxygens (including phenoxy) is 5. The third-order valence-electron chi connectivity index (χ3n) is 9.59. The van der Waals surface area contributed by atoms with Gasteiger partial charge in [0, 0.05) is 29.3 Å². The number of benzene rings is 4. The molecule has 0 saturated heterocycles. The first-order valence-electron chi connectivity index (χ1n) is 20.4. The number of carbonyl (C=O) groups is 3. The minimum Gasteiger partial charge on any atom is -0.493 e. The Hall–Kier alpha value is -6.53. The third-order valence-corrected chi connectivity index (χ3v) is 10.5. The Balaban J connectivity index is 0.000000470. The number of anilines is 1. The van der Waals surface area contributed by atoms with Gasteiger partial charge in [-0.1, -0.05) is 56.9 Å². The number of ketones is 1. The highest BCUT2D eigenvalue weighted by molar-refractivity contribution is 7.22. The first kappa shape index (κ1) is 48.1. The Kier molecular flexibility index (Phi) is 18.2. The minimum absolute atomic E-state index is 0.0185. The van der Waals surface area contributed by atoms with Crippen molar-refractivity contribution >= 4 is 56.4 Å². The number of nitrogens with two attached hydrogens (primary N) is 1. The van der Waals surface area contributed by atoms with Gasteiger partial charge in [-0.2, -0.15) is 0 Å². The van der Waals surface area contributed by atoms with Crippen LogP contribution < -0.4 is 24.7 Å². The zero-order valence-electron chi connectivity index (χ0n) is 36.4. The summed E-state index contributed by atoms with van der Waals surface area (Å²) in [7, 11) is 0. The lowest BCUT2D eigenvalue weighted by molar-refractivity contribution is -0.140. The van der Waals surface area contributed by atoms with Crippen LogP contribution in [0.3, 0.4) is 0 Å². The number of esters is 2. The average Bonchev–Trinajstić information content (AvgIpc) is 3.63. The maximum atomic E-state index is 12.8. The van der Waals surface area contributed by atoms with Crippen molar-refractivity contribution in [1.82, 2.24) is 4.98 Å². The van der Waals surface area contributed by atoms with Gasteiger partial charge in [-0.3, -0.25) is 4.79 Å². The Morgan fingerprint density at radius 2 is 1.50 bits per heavy atom. The predicted molar refractivity (Wildman–Crippen MR) is 248 cm³/mol. The summed E-state index contributed by atoms with van der Waals surface area (Å²) >= 11 is 1.52. The quantitative estimate of drug-likeness (QED) is 0.0321. The van der Waals surface area contributed by atoms with Crippen molar-refractivity contribution in [2.24, 2.45) is 11.8 Å². The summed E-state index contributed by atoms with van der Waals surface area (Å²) in [5.74, 6) is 2.36. The first-order chi connectivity index (χ1) is 29.6. The molecule has 2 unspecified atom stereocenters. The van der Waals surface area contributed by atoms with E-state index in [1.165, 1.54) is 42.2 Å². The largest absolute Gasteiger partial charge is 0.493 e. The lowest BCUT2D eigenvalue weighted by atomic mass is 9.89. The van der Waals surface area contributed by atoms with E-state index in [1.807, 2.05) is 69.3 Å². The molecule has 0 spiro atoms. The van der Waals surface area contributed by atoms with Gasteiger partial charge < -0.3 is 34.8 Å². The van der Waals surface area contributed by atoms with Gasteiger partial charge in [-0.05, 0) is 143 Å². The molecule has 5 aromatic rings. The topological polar surface area (TPSA) is 160 Å². The number of para-hydroxylation sites is 1. The van der Waals surface area contributed by atoms with E-state index in [2.05, 4.69) is 32.0 Å². The summed E-state index contributed by atoms with van der Waals surface area (Å²) in [6, 6.07) is 27.5. The molecule has 0 bridgehead atoms. The van der Waals surface area contributed by atoms with E-state index >= 15 is 0 Å². The number of hydrogen-bond acceptors (Lipinski definition) is 12. The number of nitrogens with zero attached hydrogens (tertiary/aromatic N) is 1. The van der Waals surface area contributed by atoms with Crippen LogP contribution in [0.5, 0.6) is 23.0 Å². The highest BCUT2D eigenvalue weighted by Crippen LogP contribution is 2.37. The van der Waals surface area contributed by atoms with Gasteiger partial charge in [0.1, 0.15) is 34.4 Å². The van der Waals surface area contributed by atoms with Crippen LogP contribution in [-0.2, 0) is 14.3 Å². The maximum Gasteiger partial charge on any atom is 0.343 e. The first-order valence-corrected chi connectivity index (χ1v) is 21.3. The van der Waals surface area contributed by atoms with Crippen LogP contribution >= 0.6 is 11.3 Å². The molecule has 1 saturated carbocycles. The molecule has 1 aromatic heterocycles. The summed E-state index contributed by atoms with van der Waals surface area (Å²) in [5, 5.41) is 8.67. The standard InChI is InChI=1S/C39H45NO7.C7H6N2S.C4H6O/c1-7-26(3)31(25-44-36(41)8-2)24-43-32-16-12-28(13-17-32)37(27-10-9-11-27)46-35-21-20-34(22-30(35)23-40)45-38(42)29-14-18-33(19-15-29)47-39(4,5)6;8-7-9-5-3-1-2-4-6(5)10-7;1-3-4(2)5/h8,12-23,26,31,40H,2,7,9-11,24-25H2,1,3-6H3;1-4H,(H2,8,9);3H,1H2,2H3. The van der Waals surface area contributed by atoms with Crippen LogP contribution in [0.4, 0.5) is 5.13 Å². The number of hydrogen-bond donors (Lipinski definition) is 2. The van der Waals surface area contributed by atoms with Crippen molar-refractivity contribution in [3.05, 3.63) is 139 Å². The predicted octanol–water partition coefficient (Wildman–Crippen LogP) is 11.5. The molecular weight excluding hydrogens is 803 g/mol. The number of allylic oxidation sites excluding steroid dienone is 2. The summed E-state index contributed by atoms with van der Waals surface area (Å²) in [6.07, 6.45) is 7.53. The molecule has 6 rings (SSSR count). The van der Waals surface area contributed by atoms with Gasteiger partial charge in [0.2, 0.25) is 0 Å². The van der Waals surface area contributed by atoms with Gasteiger partial charge in [0.25, 0.3) is 0 Å². The number of carbonyl (C=O) groups excluding carboxylic acids is 3. The lowest BCUT2D eigenvalue weighted by Gasteiger charge is -2.24. The number of rotatable bonds is 16. The summed E-state index contributed by atoms with van der Waals surface area (Å²) in [6.45, 7) is 18.9. The minimum atomic E-state index is -0.509. The van der Waals surface area contributed by atoms with Crippen molar-refractivity contribution in [1.29, 1.82) is 5.41 Å². The fraction of sp³-hybridized carbons (Fsp3) is 0.300. The Bertz CT molecular complexity index is 2300. The molecule has 1 aliphatic rings. The van der Waals surface area contributed by atoms with Crippen molar-refractivity contribution in [3.8, 4) is 23.0 Å². The van der Waals surface area contributed by atoms with Crippen LogP contribution in [-0.4, -0.2) is 47.7 Å². The Labute approximate surface area is 368 Å². The fourth-order valence-corrected chi connectivity index (χ4v) is 6.49. The molecule has 1 aliphatic carbocycles. The van der Waals surface area contributed by atoms with Crippen LogP contribution in [0.2, 0.25) is 0 Å². The molecule has 2 atom stereocenters. The number of nitrogen functional groups attached to an aromatic ring is 1. The van der Waals surface area contributed by atoms with E-state index in [0.717, 1.165) is 47.2 Å². The molecule has 0 amide bonds. The number of fused-ring (bicyclic) bond motifs is 1. The van der Waals surface area contributed by atoms with Gasteiger partial charge in [-0.15, -0.1) is 0 Å². The second-order valence-corrected chi connectivity index (χ2v) is 16.6. The second-order valence-electron chi connectivity index (χ2n) is 15.5. The molecule has 12 heteroatoms. The van der Waals surface area contributed by atoms with E-state index < -0.39 is 11.9 Å². The molecule has 1 heterocycles. The normalized spacial score (nSPS) is 12.6. The van der Waals surface area contributed by atoms with Gasteiger partial charge in [0.05, 0.1) is 29.0 Å². The summed E-state index contributed by atoms with van der Waals surface area (Å²) in [5.41, 5.74) is 9.11. The molecule has 326 valence electrons. The van der Waals surface area contributed by atoms with Crippen molar-refractivity contribution in [2.75, 3.05) is 18.9 Å². The summed E-state index contributed by atoms with van der Waals surface area (Å²) < 4.78 is 30.4. The Morgan fingerprint density at radius 3 is 2.06 bits per heavy atom. The molecule has 4 aromatic carbocycles. The molecule has 0 aliphatic heterocycles. The Morgan fingerprint density at radius 1 is 0.871 bits per heavy atom. The van der Waals surface area contributed by atoms with Crippen LogP contribution in [0.1, 0.15) is 88.7 Å². The monoisotopic (exact) mass is 859 g/mol. The van der Waals surface area contributed by atoms with E-state index in [-0.39, 0.29) is 23.9 Å². The summed E-state index contributed by atoms with van der Waals surface area (Å²) in [4.78, 5) is 38.2. The van der Waals surface area contributed by atoms with Gasteiger partial charge in [0.15, 0.2) is 10.9 Å². The van der Waals surface area contributed by atoms with Crippen LogP contribution in [0.25, 0.3) is 16.0 Å². The molecule has 3 N–H and O–H groups in total. The van der Waals surface area contributed by atoms with Crippen molar-refractivity contribution in [2.45, 2.75) is 72.8 Å². The molecule has 62 heavy (non-hydrogen) atoms. The molecular formula is C50H57N3O8S. The van der Waals surface area contributed by atoms with Crippen molar-refractivity contribution in [3.63, 3.8) is 0 Å². The zero-order valence-corrected chi connectivity index (χ0v) is 37.2. The van der Waals surface area contributed by atoms with Crippen LogP contribution in [0, 0.1) is 17.2 Å². The van der Waals surface area contributed by atoms with E-state index in [4.69, 9.17) is 34.8 Å². The highest BCUT2D eigenvalue weighted by Gasteiger charge is 2.22. The number of aromatic nitrogens is 1. The molecule has 0 radical (unpaired) electrons. The van der Waals surface area contributed by atoms with Crippen molar-refractivity contribution < 1.29 is 38.1 Å². The van der Waals surface area contributed by atoms with E-state index in [0.29, 0.717) is 51.8 Å². The molecule has 11 nitrogen and oxygen atoms in total. The third kappa shape index (κ3) is 15.2. The van der Waals surface area contributed by atoms with E-state index in [9.17, 15) is 14.4 Å². The maximum absolute atomic E-state index is 12.8. The lowest BCUT2D eigenvalue weighted by Crippen LogP contribution is -2.25. The number of nitrogens with one attached hydrogen (secondary N) is 1. The highest BCUT2D eigenvalue weighted by atomic mass is 32.1. The average molecular weight is 860 g/mol. The second kappa shape index (κ2) is 23.5. The fourth-order valence-electron chi connectivity index (χ4n) is 5.75. The smallest absolute Gasteiger partial charge is 0.343 e. The zero-order chi connectivity index (χ0) is 45.2. The van der Waals surface area contributed by atoms with Gasteiger partial charge >= 0.3 is 11.9 Å².